The third kappa shape index (κ3) is 3.27. The second kappa shape index (κ2) is 6.17. The number of urea groups is 1. The van der Waals surface area contributed by atoms with Gasteiger partial charge in [0, 0.05) is 18.5 Å². The lowest BCUT2D eigenvalue weighted by Crippen LogP contribution is -2.32. The molecule has 2 N–H and O–H groups in total. The van der Waals surface area contributed by atoms with E-state index in [4.69, 9.17) is 0 Å². The Morgan fingerprint density at radius 2 is 2.14 bits per heavy atom. The van der Waals surface area contributed by atoms with Crippen LogP contribution in [0.4, 0.5) is 10.6 Å². The van der Waals surface area contributed by atoms with E-state index in [0.717, 1.165) is 11.4 Å². The molecule has 2 aromatic heterocycles. The number of anilines is 1. The van der Waals surface area contributed by atoms with Crippen molar-refractivity contribution in [1.82, 2.24) is 20.1 Å². The molecule has 0 unspecified atom stereocenters. The van der Waals surface area contributed by atoms with Crippen LogP contribution in [0.3, 0.4) is 0 Å². The third-order valence-corrected chi connectivity index (χ3v) is 4.13. The fourth-order valence-corrected chi connectivity index (χ4v) is 2.58. The standard InChI is InChI=1S/C16H21N5O/c1-11(14-4-3-8-17-10-14)19-16(22)20-15-7-9-18-21(15)12(2)13-5-6-13/h3-4,7-13H,5-6H2,1-2H3,(H2,19,20,22)/t11-,12-/m1/s1. The first-order valence-corrected chi connectivity index (χ1v) is 7.66. The Hall–Kier alpha value is -2.37. The highest BCUT2D eigenvalue weighted by Crippen LogP contribution is 2.40. The predicted octanol–water partition coefficient (Wildman–Crippen LogP) is 3.13. The van der Waals surface area contributed by atoms with Gasteiger partial charge in [-0.1, -0.05) is 6.07 Å². The molecule has 2 amide bonds. The van der Waals surface area contributed by atoms with Crippen LogP contribution in [-0.2, 0) is 0 Å². The zero-order valence-corrected chi connectivity index (χ0v) is 12.9. The number of aromatic nitrogens is 3. The fraction of sp³-hybridized carbons (Fsp3) is 0.438. The van der Waals surface area contributed by atoms with Gasteiger partial charge >= 0.3 is 6.03 Å². The van der Waals surface area contributed by atoms with E-state index in [0.29, 0.717) is 12.0 Å². The number of pyridine rings is 1. The molecule has 0 bridgehead atoms. The Bertz CT molecular complexity index is 635. The monoisotopic (exact) mass is 299 g/mol. The lowest BCUT2D eigenvalue weighted by Gasteiger charge is -2.17. The summed E-state index contributed by atoms with van der Waals surface area (Å²) >= 11 is 0. The normalized spacial score (nSPS) is 16.8. The van der Waals surface area contributed by atoms with E-state index in [-0.39, 0.29) is 12.1 Å². The average Bonchev–Trinajstić information content (AvgIpc) is 3.28. The Morgan fingerprint density at radius 3 is 2.82 bits per heavy atom. The molecule has 1 aliphatic carbocycles. The lowest BCUT2D eigenvalue weighted by atomic mass is 10.1. The number of carbonyl (C=O) groups excluding carboxylic acids is 1. The van der Waals surface area contributed by atoms with Crippen LogP contribution in [0.25, 0.3) is 0 Å². The average molecular weight is 299 g/mol. The molecule has 0 aromatic carbocycles. The van der Waals surface area contributed by atoms with Gasteiger partial charge in [-0.05, 0) is 44.2 Å². The summed E-state index contributed by atoms with van der Waals surface area (Å²) in [7, 11) is 0. The number of amides is 2. The summed E-state index contributed by atoms with van der Waals surface area (Å²) in [5.41, 5.74) is 0.970. The molecule has 0 radical (unpaired) electrons. The van der Waals surface area contributed by atoms with E-state index in [1.165, 1.54) is 12.8 Å². The molecular weight excluding hydrogens is 278 g/mol. The van der Waals surface area contributed by atoms with Gasteiger partial charge in [-0.2, -0.15) is 5.10 Å². The zero-order valence-electron chi connectivity index (χ0n) is 12.9. The molecule has 2 aromatic rings. The highest BCUT2D eigenvalue weighted by molar-refractivity contribution is 5.88. The van der Waals surface area contributed by atoms with Gasteiger partial charge < -0.3 is 5.32 Å². The van der Waals surface area contributed by atoms with Crippen molar-refractivity contribution in [2.24, 2.45) is 5.92 Å². The maximum atomic E-state index is 12.2. The van der Waals surface area contributed by atoms with Crippen LogP contribution in [0.5, 0.6) is 0 Å². The van der Waals surface area contributed by atoms with Crippen molar-refractivity contribution >= 4 is 11.8 Å². The molecule has 2 atom stereocenters. The highest BCUT2D eigenvalue weighted by atomic mass is 16.2. The van der Waals surface area contributed by atoms with Crippen molar-refractivity contribution < 1.29 is 4.79 Å². The largest absolute Gasteiger partial charge is 0.331 e. The smallest absolute Gasteiger partial charge is 0.320 e. The van der Waals surface area contributed by atoms with Crippen molar-refractivity contribution in [3.8, 4) is 0 Å². The second-order valence-corrected chi connectivity index (χ2v) is 5.85. The summed E-state index contributed by atoms with van der Waals surface area (Å²) in [6, 6.07) is 5.61. The molecule has 0 aliphatic heterocycles. The molecule has 1 saturated carbocycles. The van der Waals surface area contributed by atoms with Crippen molar-refractivity contribution in [3.63, 3.8) is 0 Å². The van der Waals surface area contributed by atoms with E-state index < -0.39 is 0 Å². The van der Waals surface area contributed by atoms with E-state index in [9.17, 15) is 4.79 Å². The summed E-state index contributed by atoms with van der Waals surface area (Å²) in [5.74, 6) is 1.41. The van der Waals surface area contributed by atoms with Gasteiger partial charge in [-0.3, -0.25) is 10.3 Å². The predicted molar refractivity (Wildman–Crippen MR) is 84.5 cm³/mol. The number of nitrogens with one attached hydrogen (secondary N) is 2. The third-order valence-electron chi connectivity index (χ3n) is 4.13. The van der Waals surface area contributed by atoms with Crippen molar-refractivity contribution in [3.05, 3.63) is 42.4 Å². The van der Waals surface area contributed by atoms with Crippen molar-refractivity contribution in [1.29, 1.82) is 0 Å². The first-order valence-electron chi connectivity index (χ1n) is 7.66. The number of hydrogen-bond acceptors (Lipinski definition) is 3. The molecule has 0 spiro atoms. The van der Waals surface area contributed by atoms with Crippen LogP contribution < -0.4 is 10.6 Å². The van der Waals surface area contributed by atoms with Crippen LogP contribution in [0.1, 0.15) is 44.3 Å². The summed E-state index contributed by atoms with van der Waals surface area (Å²) < 4.78 is 1.89. The summed E-state index contributed by atoms with van der Waals surface area (Å²) in [6.45, 7) is 4.08. The minimum absolute atomic E-state index is 0.106. The molecule has 116 valence electrons. The lowest BCUT2D eigenvalue weighted by molar-refractivity contribution is 0.249. The van der Waals surface area contributed by atoms with Gasteiger partial charge in [0.25, 0.3) is 0 Å². The number of hydrogen-bond donors (Lipinski definition) is 2. The summed E-state index contributed by atoms with van der Waals surface area (Å²) in [4.78, 5) is 16.2. The van der Waals surface area contributed by atoms with E-state index in [1.807, 2.05) is 29.8 Å². The quantitative estimate of drug-likeness (QED) is 0.891. The highest BCUT2D eigenvalue weighted by Gasteiger charge is 2.30. The molecule has 6 nitrogen and oxygen atoms in total. The zero-order chi connectivity index (χ0) is 15.5. The minimum Gasteiger partial charge on any atom is -0.331 e. The fourth-order valence-electron chi connectivity index (χ4n) is 2.58. The van der Waals surface area contributed by atoms with Crippen LogP contribution in [0.15, 0.2) is 36.8 Å². The van der Waals surface area contributed by atoms with Crippen molar-refractivity contribution in [2.45, 2.75) is 38.8 Å². The van der Waals surface area contributed by atoms with E-state index >= 15 is 0 Å². The summed E-state index contributed by atoms with van der Waals surface area (Å²) in [5, 5.41) is 10.1. The first kappa shape index (κ1) is 14.6. The van der Waals surface area contributed by atoms with Crippen LogP contribution in [0.2, 0.25) is 0 Å². The van der Waals surface area contributed by atoms with E-state index in [2.05, 4.69) is 27.6 Å². The molecule has 6 heteroatoms. The Morgan fingerprint density at radius 1 is 1.32 bits per heavy atom. The number of rotatable bonds is 5. The van der Waals surface area contributed by atoms with Gasteiger partial charge in [0.05, 0.1) is 18.3 Å². The van der Waals surface area contributed by atoms with Gasteiger partial charge in [0.1, 0.15) is 5.82 Å². The molecule has 1 aliphatic rings. The topological polar surface area (TPSA) is 71.8 Å². The Balaban J connectivity index is 1.61. The van der Waals surface area contributed by atoms with Gasteiger partial charge in [0.15, 0.2) is 0 Å². The maximum Gasteiger partial charge on any atom is 0.320 e. The van der Waals surface area contributed by atoms with Crippen molar-refractivity contribution in [2.75, 3.05) is 5.32 Å². The minimum atomic E-state index is -0.235. The molecule has 22 heavy (non-hydrogen) atoms. The van der Waals surface area contributed by atoms with E-state index in [1.54, 1.807) is 18.6 Å². The second-order valence-electron chi connectivity index (χ2n) is 5.85. The van der Waals surface area contributed by atoms with Crippen LogP contribution in [0, 0.1) is 5.92 Å². The molecule has 0 saturated heterocycles. The Labute approximate surface area is 129 Å². The SMILES string of the molecule is C[C@H](C1CC1)n1nccc1NC(=O)N[C@H](C)c1cccnc1. The molecule has 2 heterocycles. The molecular formula is C16H21N5O. The first-order chi connectivity index (χ1) is 10.6. The van der Waals surface area contributed by atoms with Gasteiger partial charge in [0.2, 0.25) is 0 Å². The number of nitrogens with zero attached hydrogens (tertiary/aromatic N) is 3. The molecule has 3 rings (SSSR count). The van der Waals surface area contributed by atoms with Gasteiger partial charge in [-0.25, -0.2) is 9.48 Å². The summed E-state index contributed by atoms with van der Waals surface area (Å²) in [6.07, 6.45) is 7.67. The maximum absolute atomic E-state index is 12.2. The van der Waals surface area contributed by atoms with Crippen LogP contribution in [-0.4, -0.2) is 20.8 Å². The van der Waals surface area contributed by atoms with Gasteiger partial charge in [-0.15, -0.1) is 0 Å². The molecule has 1 fully saturated rings. The Kier molecular flexibility index (Phi) is 4.09. The number of carbonyl (C=O) groups is 1. The van der Waals surface area contributed by atoms with Crippen LogP contribution >= 0.6 is 0 Å².